The van der Waals surface area contributed by atoms with Crippen LogP contribution in [0.3, 0.4) is 0 Å². The lowest BCUT2D eigenvalue weighted by Crippen LogP contribution is -1.99. The summed E-state index contributed by atoms with van der Waals surface area (Å²) in [5.41, 5.74) is 6.27. The molecule has 0 saturated heterocycles. The van der Waals surface area contributed by atoms with Crippen LogP contribution in [-0.4, -0.2) is 29.1 Å². The monoisotopic (exact) mass is 305 g/mol. The van der Waals surface area contributed by atoms with Crippen molar-refractivity contribution in [2.75, 3.05) is 18.9 Å². The molecule has 20 heavy (non-hydrogen) atoms. The molecule has 4 nitrogen and oxygen atoms in total. The number of aryl methyl sites for hydroxylation is 1. The van der Waals surface area contributed by atoms with Crippen molar-refractivity contribution in [1.29, 1.82) is 0 Å². The largest absolute Gasteiger partial charge is 0.493 e. The topological polar surface area (TPSA) is 61.0 Å². The number of hydrogen-bond donors (Lipinski definition) is 1. The van der Waals surface area contributed by atoms with Crippen LogP contribution in [0.25, 0.3) is 0 Å². The number of thioether (sulfide) groups is 1. The molecular weight excluding hydrogens is 290 g/mol. The standard InChI is InChI=1S/C14H15N3OS2/c1-11-16-17-14(20-11)19-10-9-18-13-6-4-12(5-7-13)3-2-8-15/h4-7H,8-10,15H2,1H3. The highest BCUT2D eigenvalue weighted by atomic mass is 32.2. The van der Waals surface area contributed by atoms with Crippen molar-refractivity contribution in [3.63, 3.8) is 0 Å². The summed E-state index contributed by atoms with van der Waals surface area (Å²) in [6, 6.07) is 7.69. The van der Waals surface area contributed by atoms with Gasteiger partial charge in [-0.05, 0) is 31.2 Å². The van der Waals surface area contributed by atoms with Crippen molar-refractivity contribution in [2.45, 2.75) is 11.3 Å². The maximum atomic E-state index is 5.66. The number of aromatic nitrogens is 2. The summed E-state index contributed by atoms with van der Waals surface area (Å²) >= 11 is 3.26. The van der Waals surface area contributed by atoms with Crippen LogP contribution in [0.2, 0.25) is 0 Å². The van der Waals surface area contributed by atoms with Gasteiger partial charge in [0.05, 0.1) is 13.2 Å². The Morgan fingerprint density at radius 1 is 1.30 bits per heavy atom. The van der Waals surface area contributed by atoms with Gasteiger partial charge in [0.15, 0.2) is 4.34 Å². The Balaban J connectivity index is 1.74. The molecule has 1 aromatic heterocycles. The van der Waals surface area contributed by atoms with Gasteiger partial charge in [-0.1, -0.05) is 34.9 Å². The summed E-state index contributed by atoms with van der Waals surface area (Å²) in [6.45, 7) is 2.96. The van der Waals surface area contributed by atoms with E-state index in [4.69, 9.17) is 10.5 Å². The van der Waals surface area contributed by atoms with Crippen molar-refractivity contribution in [1.82, 2.24) is 10.2 Å². The van der Waals surface area contributed by atoms with E-state index >= 15 is 0 Å². The molecule has 1 aromatic carbocycles. The van der Waals surface area contributed by atoms with Gasteiger partial charge in [0, 0.05) is 11.3 Å². The molecule has 0 aliphatic carbocycles. The molecule has 0 atom stereocenters. The van der Waals surface area contributed by atoms with Crippen molar-refractivity contribution in [2.24, 2.45) is 5.73 Å². The minimum absolute atomic E-state index is 0.376. The molecule has 0 unspecified atom stereocenters. The van der Waals surface area contributed by atoms with Gasteiger partial charge < -0.3 is 10.5 Å². The molecule has 1 heterocycles. The molecule has 0 aliphatic rings. The molecule has 0 saturated carbocycles. The SMILES string of the molecule is Cc1nnc(SCCOc2ccc(C#CCN)cc2)s1. The lowest BCUT2D eigenvalue weighted by molar-refractivity contribution is 0.344. The third-order valence-corrected chi connectivity index (χ3v) is 4.21. The van der Waals surface area contributed by atoms with E-state index in [1.165, 1.54) is 0 Å². The summed E-state index contributed by atoms with van der Waals surface area (Å²) in [7, 11) is 0. The lowest BCUT2D eigenvalue weighted by atomic mass is 10.2. The Labute approximate surface area is 126 Å². The van der Waals surface area contributed by atoms with Gasteiger partial charge in [-0.3, -0.25) is 0 Å². The average molecular weight is 305 g/mol. The lowest BCUT2D eigenvalue weighted by Gasteiger charge is -2.04. The normalized spacial score (nSPS) is 9.90. The van der Waals surface area contributed by atoms with Gasteiger partial charge in [-0.15, -0.1) is 10.2 Å². The smallest absolute Gasteiger partial charge is 0.174 e. The summed E-state index contributed by atoms with van der Waals surface area (Å²) in [5, 5.41) is 9.01. The molecule has 6 heteroatoms. The highest BCUT2D eigenvalue weighted by molar-refractivity contribution is 8.01. The van der Waals surface area contributed by atoms with Crippen LogP contribution in [0, 0.1) is 18.8 Å². The van der Waals surface area contributed by atoms with Crippen LogP contribution in [0.4, 0.5) is 0 Å². The molecule has 2 rings (SSSR count). The number of hydrogen-bond acceptors (Lipinski definition) is 6. The minimum atomic E-state index is 0.376. The maximum Gasteiger partial charge on any atom is 0.174 e. The van der Waals surface area contributed by atoms with Crippen LogP contribution in [0.5, 0.6) is 5.75 Å². The number of nitrogens with zero attached hydrogens (tertiary/aromatic N) is 2. The van der Waals surface area contributed by atoms with Gasteiger partial charge in [-0.25, -0.2) is 0 Å². The van der Waals surface area contributed by atoms with E-state index in [0.717, 1.165) is 26.4 Å². The Hall–Kier alpha value is -1.55. The van der Waals surface area contributed by atoms with Crippen LogP contribution in [-0.2, 0) is 0 Å². The fourth-order valence-corrected chi connectivity index (χ4v) is 3.12. The highest BCUT2D eigenvalue weighted by Gasteiger charge is 2.01. The third kappa shape index (κ3) is 4.85. The summed E-state index contributed by atoms with van der Waals surface area (Å²) in [6.07, 6.45) is 0. The van der Waals surface area contributed by atoms with Crippen molar-refractivity contribution >= 4 is 23.1 Å². The van der Waals surface area contributed by atoms with Gasteiger partial charge in [0.1, 0.15) is 10.8 Å². The molecule has 0 bridgehead atoms. The minimum Gasteiger partial charge on any atom is -0.493 e. The summed E-state index contributed by atoms with van der Waals surface area (Å²) in [4.78, 5) is 0. The van der Waals surface area contributed by atoms with E-state index < -0.39 is 0 Å². The number of ether oxygens (including phenoxy) is 1. The van der Waals surface area contributed by atoms with E-state index in [1.807, 2.05) is 31.2 Å². The van der Waals surface area contributed by atoms with E-state index in [1.54, 1.807) is 23.1 Å². The van der Waals surface area contributed by atoms with Crippen molar-refractivity contribution < 1.29 is 4.74 Å². The maximum absolute atomic E-state index is 5.66. The first-order chi connectivity index (χ1) is 9.78. The predicted octanol–water partition coefficient (Wildman–Crippen LogP) is 2.33. The third-order valence-electron chi connectivity index (χ3n) is 2.27. The second-order valence-corrected chi connectivity index (χ2v) is 6.34. The highest BCUT2D eigenvalue weighted by Crippen LogP contribution is 2.21. The van der Waals surface area contributed by atoms with Crippen LogP contribution in [0.1, 0.15) is 10.6 Å². The molecule has 0 amide bonds. The Morgan fingerprint density at radius 3 is 2.75 bits per heavy atom. The quantitative estimate of drug-likeness (QED) is 0.522. The fourth-order valence-electron chi connectivity index (χ4n) is 1.41. The van der Waals surface area contributed by atoms with Crippen molar-refractivity contribution in [3.05, 3.63) is 34.8 Å². The van der Waals surface area contributed by atoms with E-state index in [9.17, 15) is 0 Å². The number of nitrogens with two attached hydrogens (primary N) is 1. The first-order valence-electron chi connectivity index (χ1n) is 6.12. The van der Waals surface area contributed by atoms with E-state index in [-0.39, 0.29) is 0 Å². The fraction of sp³-hybridized carbons (Fsp3) is 0.286. The van der Waals surface area contributed by atoms with Crippen molar-refractivity contribution in [3.8, 4) is 17.6 Å². The van der Waals surface area contributed by atoms with E-state index in [2.05, 4.69) is 22.0 Å². The molecule has 2 N–H and O–H groups in total. The molecule has 0 spiro atoms. The Kier molecular flexibility index (Phi) is 5.87. The average Bonchev–Trinajstić information content (AvgIpc) is 2.88. The molecule has 0 radical (unpaired) electrons. The Bertz CT molecular complexity index is 599. The Morgan fingerprint density at radius 2 is 2.10 bits per heavy atom. The molecular formula is C14H15N3OS2. The van der Waals surface area contributed by atoms with Gasteiger partial charge >= 0.3 is 0 Å². The van der Waals surface area contributed by atoms with Crippen LogP contribution in [0.15, 0.2) is 28.6 Å². The van der Waals surface area contributed by atoms with Gasteiger partial charge in [0.25, 0.3) is 0 Å². The molecule has 2 aromatic rings. The second kappa shape index (κ2) is 7.90. The summed E-state index contributed by atoms with van der Waals surface area (Å²) < 4.78 is 6.64. The van der Waals surface area contributed by atoms with Gasteiger partial charge in [0.2, 0.25) is 0 Å². The molecule has 104 valence electrons. The second-order valence-electron chi connectivity index (χ2n) is 3.81. The van der Waals surface area contributed by atoms with Crippen LogP contribution >= 0.6 is 23.1 Å². The molecule has 0 fully saturated rings. The zero-order valence-corrected chi connectivity index (χ0v) is 12.8. The zero-order chi connectivity index (χ0) is 14.2. The zero-order valence-electron chi connectivity index (χ0n) is 11.1. The number of benzene rings is 1. The van der Waals surface area contributed by atoms with Crippen LogP contribution < -0.4 is 10.5 Å². The first kappa shape index (κ1) is 14.9. The van der Waals surface area contributed by atoms with E-state index in [0.29, 0.717) is 13.2 Å². The molecule has 0 aliphatic heterocycles. The first-order valence-corrected chi connectivity index (χ1v) is 7.93. The summed E-state index contributed by atoms with van der Waals surface area (Å²) in [5.74, 6) is 7.49. The number of rotatable bonds is 5. The van der Waals surface area contributed by atoms with Gasteiger partial charge in [-0.2, -0.15) is 0 Å². The predicted molar refractivity (Wildman–Crippen MR) is 83.2 cm³/mol.